The second kappa shape index (κ2) is 10.1. The van der Waals surface area contributed by atoms with E-state index in [-0.39, 0.29) is 30.6 Å². The molecule has 0 bridgehead atoms. The molecule has 0 fully saturated rings. The fourth-order valence-corrected chi connectivity index (χ4v) is 3.56. The summed E-state index contributed by atoms with van der Waals surface area (Å²) in [5.41, 5.74) is 1.73. The van der Waals surface area contributed by atoms with E-state index in [9.17, 15) is 14.0 Å². The average molecular weight is 431 g/mol. The van der Waals surface area contributed by atoms with Crippen LogP contribution >= 0.6 is 11.8 Å². The van der Waals surface area contributed by atoms with Crippen molar-refractivity contribution in [3.05, 3.63) is 59.9 Å². The molecular formula is C20H22FN5O3S. The smallest absolute Gasteiger partial charge is 0.325 e. The van der Waals surface area contributed by atoms with Crippen LogP contribution in [-0.2, 0) is 27.8 Å². The minimum atomic E-state index is -0.491. The predicted molar refractivity (Wildman–Crippen MR) is 110 cm³/mol. The number of ether oxygens (including phenoxy) is 1. The molecule has 0 spiro atoms. The first-order valence-corrected chi connectivity index (χ1v) is 10.3. The molecule has 0 atom stereocenters. The summed E-state index contributed by atoms with van der Waals surface area (Å²) in [6.07, 6.45) is 2.46. The van der Waals surface area contributed by atoms with Gasteiger partial charge in [0.25, 0.3) is 0 Å². The SMILES string of the molecule is CCOC(=O)CNC(=O)CSc1nnc(Cc2cccn2C)n1-c1ccc(F)cc1. The molecule has 2 heterocycles. The van der Waals surface area contributed by atoms with Gasteiger partial charge >= 0.3 is 5.97 Å². The lowest BCUT2D eigenvalue weighted by Gasteiger charge is -2.11. The molecule has 1 amide bonds. The van der Waals surface area contributed by atoms with E-state index in [0.29, 0.717) is 23.1 Å². The van der Waals surface area contributed by atoms with E-state index in [0.717, 1.165) is 5.69 Å². The number of nitrogens with zero attached hydrogens (tertiary/aromatic N) is 4. The standard InChI is InChI=1S/C20H22FN5O3S/c1-3-29-19(28)12-22-18(27)13-30-20-24-23-17(11-16-5-4-10-25(16)2)26(20)15-8-6-14(21)7-9-15/h4-10H,3,11-13H2,1-2H3,(H,22,27). The number of esters is 1. The lowest BCUT2D eigenvalue weighted by molar-refractivity contribution is -0.143. The lowest BCUT2D eigenvalue weighted by Crippen LogP contribution is -2.31. The van der Waals surface area contributed by atoms with Crippen LogP contribution in [0.3, 0.4) is 0 Å². The van der Waals surface area contributed by atoms with E-state index in [1.54, 1.807) is 23.6 Å². The summed E-state index contributed by atoms with van der Waals surface area (Å²) < 4.78 is 22.0. The zero-order valence-corrected chi connectivity index (χ0v) is 17.5. The highest BCUT2D eigenvalue weighted by Crippen LogP contribution is 2.23. The van der Waals surface area contributed by atoms with Crippen molar-refractivity contribution in [2.45, 2.75) is 18.5 Å². The van der Waals surface area contributed by atoms with E-state index < -0.39 is 5.97 Å². The van der Waals surface area contributed by atoms with Crippen molar-refractivity contribution in [1.82, 2.24) is 24.6 Å². The van der Waals surface area contributed by atoms with Gasteiger partial charge in [0.1, 0.15) is 18.2 Å². The van der Waals surface area contributed by atoms with Crippen molar-refractivity contribution in [2.24, 2.45) is 7.05 Å². The van der Waals surface area contributed by atoms with Gasteiger partial charge in [0, 0.05) is 31.0 Å². The van der Waals surface area contributed by atoms with Crippen LogP contribution in [0.2, 0.25) is 0 Å². The Bertz CT molecular complexity index is 1020. The topological polar surface area (TPSA) is 91.0 Å². The largest absolute Gasteiger partial charge is 0.465 e. The fourth-order valence-electron chi connectivity index (χ4n) is 2.76. The number of halogens is 1. The highest BCUT2D eigenvalue weighted by Gasteiger charge is 2.17. The Morgan fingerprint density at radius 1 is 1.20 bits per heavy atom. The Morgan fingerprint density at radius 3 is 2.63 bits per heavy atom. The van der Waals surface area contributed by atoms with Crippen LogP contribution in [0.25, 0.3) is 5.69 Å². The van der Waals surface area contributed by atoms with Gasteiger partial charge in [-0.15, -0.1) is 10.2 Å². The zero-order chi connectivity index (χ0) is 21.5. The molecule has 0 aliphatic carbocycles. The molecule has 30 heavy (non-hydrogen) atoms. The van der Waals surface area contributed by atoms with Crippen LogP contribution in [0.1, 0.15) is 18.4 Å². The Hall–Kier alpha value is -3.14. The number of aryl methyl sites for hydroxylation is 1. The van der Waals surface area contributed by atoms with Crippen LogP contribution in [0.5, 0.6) is 0 Å². The number of benzene rings is 1. The number of nitrogens with one attached hydrogen (secondary N) is 1. The Labute approximate surface area is 177 Å². The molecular weight excluding hydrogens is 409 g/mol. The first kappa shape index (κ1) is 21.6. The molecule has 3 aromatic rings. The molecule has 0 aliphatic rings. The third kappa shape index (κ3) is 5.47. The third-order valence-corrected chi connectivity index (χ3v) is 5.17. The van der Waals surface area contributed by atoms with Crippen molar-refractivity contribution >= 4 is 23.6 Å². The Balaban J connectivity index is 1.77. The second-order valence-corrected chi connectivity index (χ2v) is 7.31. The van der Waals surface area contributed by atoms with Crippen LogP contribution in [0, 0.1) is 5.82 Å². The van der Waals surface area contributed by atoms with Crippen molar-refractivity contribution < 1.29 is 18.7 Å². The maximum atomic E-state index is 13.4. The maximum absolute atomic E-state index is 13.4. The first-order chi connectivity index (χ1) is 14.5. The van der Waals surface area contributed by atoms with Gasteiger partial charge in [0.15, 0.2) is 5.16 Å². The molecule has 3 rings (SSSR count). The van der Waals surface area contributed by atoms with Gasteiger partial charge in [-0.2, -0.15) is 0 Å². The molecule has 0 radical (unpaired) electrons. The monoisotopic (exact) mass is 431 g/mol. The normalized spacial score (nSPS) is 10.8. The average Bonchev–Trinajstić information content (AvgIpc) is 3.32. The van der Waals surface area contributed by atoms with Crippen LogP contribution in [-0.4, -0.2) is 50.1 Å². The lowest BCUT2D eigenvalue weighted by atomic mass is 10.2. The molecule has 0 saturated carbocycles. The number of thioether (sulfide) groups is 1. The molecule has 0 aliphatic heterocycles. The molecule has 0 unspecified atom stereocenters. The molecule has 2 aromatic heterocycles. The van der Waals surface area contributed by atoms with Crippen molar-refractivity contribution in [3.63, 3.8) is 0 Å². The van der Waals surface area contributed by atoms with Crippen LogP contribution < -0.4 is 5.32 Å². The summed E-state index contributed by atoms with van der Waals surface area (Å²) in [6.45, 7) is 1.77. The van der Waals surface area contributed by atoms with Gasteiger partial charge in [-0.05, 0) is 43.3 Å². The van der Waals surface area contributed by atoms with E-state index in [1.165, 1.54) is 23.9 Å². The van der Waals surface area contributed by atoms with Gasteiger partial charge in [-0.3, -0.25) is 14.2 Å². The molecule has 1 N–H and O–H groups in total. The van der Waals surface area contributed by atoms with Gasteiger partial charge in [-0.25, -0.2) is 4.39 Å². The molecule has 10 heteroatoms. The Morgan fingerprint density at radius 2 is 1.97 bits per heavy atom. The number of rotatable bonds is 9. The first-order valence-electron chi connectivity index (χ1n) is 9.33. The third-order valence-electron chi connectivity index (χ3n) is 4.24. The minimum Gasteiger partial charge on any atom is -0.465 e. The van der Waals surface area contributed by atoms with Crippen molar-refractivity contribution in [1.29, 1.82) is 0 Å². The summed E-state index contributed by atoms with van der Waals surface area (Å²) in [4.78, 5) is 23.4. The van der Waals surface area contributed by atoms with Gasteiger partial charge < -0.3 is 14.6 Å². The van der Waals surface area contributed by atoms with Gasteiger partial charge in [-0.1, -0.05) is 11.8 Å². The van der Waals surface area contributed by atoms with E-state index >= 15 is 0 Å². The van der Waals surface area contributed by atoms with Gasteiger partial charge in [0.2, 0.25) is 5.91 Å². The number of carbonyl (C=O) groups excluding carboxylic acids is 2. The molecule has 0 saturated heterocycles. The highest BCUT2D eigenvalue weighted by atomic mass is 32.2. The van der Waals surface area contributed by atoms with Gasteiger partial charge in [0.05, 0.1) is 12.4 Å². The second-order valence-electron chi connectivity index (χ2n) is 6.37. The van der Waals surface area contributed by atoms with E-state index in [2.05, 4.69) is 15.5 Å². The quantitative estimate of drug-likeness (QED) is 0.412. The van der Waals surface area contributed by atoms with Crippen LogP contribution in [0.15, 0.2) is 47.8 Å². The number of carbonyl (C=O) groups is 2. The number of amides is 1. The molecule has 8 nitrogen and oxygen atoms in total. The number of hydrogen-bond donors (Lipinski definition) is 1. The predicted octanol–water partition coefficient (Wildman–Crippen LogP) is 2.11. The highest BCUT2D eigenvalue weighted by molar-refractivity contribution is 7.99. The minimum absolute atomic E-state index is 0.0445. The van der Waals surface area contributed by atoms with Crippen LogP contribution in [0.4, 0.5) is 4.39 Å². The van der Waals surface area contributed by atoms with E-state index in [4.69, 9.17) is 4.74 Å². The summed E-state index contributed by atoms with van der Waals surface area (Å²) >= 11 is 1.18. The zero-order valence-electron chi connectivity index (χ0n) is 16.7. The van der Waals surface area contributed by atoms with E-state index in [1.807, 2.05) is 29.9 Å². The maximum Gasteiger partial charge on any atom is 0.325 e. The summed E-state index contributed by atoms with van der Waals surface area (Å²) in [5.74, 6) is -0.454. The Kier molecular flexibility index (Phi) is 7.23. The number of hydrogen-bond acceptors (Lipinski definition) is 6. The number of aromatic nitrogens is 4. The fraction of sp³-hybridized carbons (Fsp3) is 0.300. The molecule has 1 aromatic carbocycles. The van der Waals surface area contributed by atoms with Crippen molar-refractivity contribution in [2.75, 3.05) is 18.9 Å². The summed E-state index contributed by atoms with van der Waals surface area (Å²) in [5, 5.41) is 11.5. The molecule has 158 valence electrons. The summed E-state index contributed by atoms with van der Waals surface area (Å²) in [6, 6.07) is 9.93. The summed E-state index contributed by atoms with van der Waals surface area (Å²) in [7, 11) is 1.94. The van der Waals surface area contributed by atoms with Crippen molar-refractivity contribution in [3.8, 4) is 5.69 Å².